The van der Waals surface area contributed by atoms with Crippen molar-refractivity contribution in [3.05, 3.63) is 12.2 Å². The number of rotatable bonds is 5. The van der Waals surface area contributed by atoms with E-state index in [2.05, 4.69) is 6.58 Å². The van der Waals surface area contributed by atoms with Crippen LogP contribution in [0.3, 0.4) is 0 Å². The summed E-state index contributed by atoms with van der Waals surface area (Å²) in [5.41, 5.74) is 1.35. The van der Waals surface area contributed by atoms with Gasteiger partial charge in [0, 0.05) is 20.3 Å². The molecule has 0 amide bonds. The van der Waals surface area contributed by atoms with Gasteiger partial charge in [-0.3, -0.25) is 0 Å². The summed E-state index contributed by atoms with van der Waals surface area (Å²) in [4.78, 5) is 0. The molecule has 1 atom stereocenters. The highest BCUT2D eigenvalue weighted by molar-refractivity contribution is 4.99. The van der Waals surface area contributed by atoms with E-state index in [0.29, 0.717) is 6.10 Å². The second kappa shape index (κ2) is 6.17. The summed E-state index contributed by atoms with van der Waals surface area (Å²) < 4.78 is 10.7. The Morgan fingerprint density at radius 2 is 2.31 bits per heavy atom. The van der Waals surface area contributed by atoms with Crippen molar-refractivity contribution in [2.45, 2.75) is 38.2 Å². The highest BCUT2D eigenvalue weighted by atomic mass is 16.5. The minimum atomic E-state index is 0.429. The summed E-state index contributed by atoms with van der Waals surface area (Å²) in [5, 5.41) is 0. The summed E-state index contributed by atoms with van der Waals surface area (Å²) in [7, 11) is 1.72. The van der Waals surface area contributed by atoms with Gasteiger partial charge in [-0.15, -0.1) is 0 Å². The predicted molar refractivity (Wildman–Crippen MR) is 53.8 cm³/mol. The van der Waals surface area contributed by atoms with Crippen LogP contribution >= 0.6 is 0 Å². The first-order valence-electron chi connectivity index (χ1n) is 5.10. The lowest BCUT2D eigenvalue weighted by molar-refractivity contribution is 0.0279. The molecule has 1 unspecified atom stereocenters. The van der Waals surface area contributed by atoms with Gasteiger partial charge in [-0.2, -0.15) is 0 Å². The molecule has 76 valence electrons. The fourth-order valence-electron chi connectivity index (χ4n) is 1.70. The van der Waals surface area contributed by atoms with Gasteiger partial charge in [0.25, 0.3) is 0 Å². The van der Waals surface area contributed by atoms with Crippen LogP contribution in [-0.4, -0.2) is 26.4 Å². The maximum absolute atomic E-state index is 5.71. The minimum Gasteiger partial charge on any atom is -0.385 e. The van der Waals surface area contributed by atoms with Crippen LogP contribution < -0.4 is 0 Å². The van der Waals surface area contributed by atoms with Crippen LogP contribution in [0.1, 0.15) is 32.1 Å². The molecule has 1 aliphatic carbocycles. The Balaban J connectivity index is 2.03. The van der Waals surface area contributed by atoms with Crippen molar-refractivity contribution in [2.75, 3.05) is 20.3 Å². The van der Waals surface area contributed by atoms with E-state index >= 15 is 0 Å². The molecule has 1 saturated carbocycles. The van der Waals surface area contributed by atoms with Gasteiger partial charge in [0.1, 0.15) is 0 Å². The fourth-order valence-corrected chi connectivity index (χ4v) is 1.70. The Morgan fingerprint density at radius 1 is 1.46 bits per heavy atom. The van der Waals surface area contributed by atoms with Gasteiger partial charge in [0.15, 0.2) is 0 Å². The van der Waals surface area contributed by atoms with Crippen LogP contribution in [0.2, 0.25) is 0 Å². The highest BCUT2D eigenvalue weighted by Crippen LogP contribution is 2.24. The molecular weight excluding hydrogens is 164 g/mol. The van der Waals surface area contributed by atoms with Crippen molar-refractivity contribution < 1.29 is 9.47 Å². The Morgan fingerprint density at radius 3 is 3.00 bits per heavy atom. The molecule has 0 spiro atoms. The first-order chi connectivity index (χ1) is 6.33. The number of methoxy groups -OCH3 is 1. The standard InChI is InChI=1S/C11H20O2/c1-10-5-3-6-11(9-10)13-8-4-7-12-2/h11H,1,3-9H2,2H3. The molecule has 1 fully saturated rings. The van der Waals surface area contributed by atoms with Gasteiger partial charge >= 0.3 is 0 Å². The summed E-state index contributed by atoms with van der Waals surface area (Å²) in [6.07, 6.45) is 6.13. The third-order valence-electron chi connectivity index (χ3n) is 2.42. The molecule has 0 aromatic heterocycles. The van der Waals surface area contributed by atoms with Crippen LogP contribution in [0.4, 0.5) is 0 Å². The normalized spacial score (nSPS) is 23.5. The topological polar surface area (TPSA) is 18.5 Å². The van der Waals surface area contributed by atoms with Gasteiger partial charge in [-0.1, -0.05) is 12.2 Å². The molecule has 0 aromatic rings. The third-order valence-corrected chi connectivity index (χ3v) is 2.42. The Kier molecular flexibility index (Phi) is 5.09. The number of ether oxygens (including phenoxy) is 2. The van der Waals surface area contributed by atoms with Crippen LogP contribution in [0.25, 0.3) is 0 Å². The van der Waals surface area contributed by atoms with E-state index in [4.69, 9.17) is 9.47 Å². The second-order valence-electron chi connectivity index (χ2n) is 3.69. The Hall–Kier alpha value is -0.340. The van der Waals surface area contributed by atoms with Crippen molar-refractivity contribution >= 4 is 0 Å². The van der Waals surface area contributed by atoms with Crippen molar-refractivity contribution in [1.82, 2.24) is 0 Å². The molecule has 1 rings (SSSR count). The van der Waals surface area contributed by atoms with E-state index in [1.54, 1.807) is 7.11 Å². The summed E-state index contributed by atoms with van der Waals surface area (Å²) >= 11 is 0. The summed E-state index contributed by atoms with van der Waals surface area (Å²) in [5.74, 6) is 0. The molecule has 0 aliphatic heterocycles. The van der Waals surface area contributed by atoms with Crippen molar-refractivity contribution in [3.63, 3.8) is 0 Å². The molecule has 2 heteroatoms. The van der Waals surface area contributed by atoms with Crippen LogP contribution in [0, 0.1) is 0 Å². The molecule has 0 aromatic carbocycles. The monoisotopic (exact) mass is 184 g/mol. The Bertz CT molecular complexity index is 154. The van der Waals surface area contributed by atoms with Gasteiger partial charge in [-0.05, 0) is 32.1 Å². The fraction of sp³-hybridized carbons (Fsp3) is 0.818. The molecule has 13 heavy (non-hydrogen) atoms. The van der Waals surface area contributed by atoms with Crippen molar-refractivity contribution in [1.29, 1.82) is 0 Å². The van der Waals surface area contributed by atoms with Crippen LogP contribution in [0.15, 0.2) is 12.2 Å². The van der Waals surface area contributed by atoms with E-state index in [-0.39, 0.29) is 0 Å². The smallest absolute Gasteiger partial charge is 0.0612 e. The zero-order valence-corrected chi connectivity index (χ0v) is 8.55. The lowest BCUT2D eigenvalue weighted by Gasteiger charge is -2.23. The minimum absolute atomic E-state index is 0.429. The van der Waals surface area contributed by atoms with Gasteiger partial charge < -0.3 is 9.47 Å². The lowest BCUT2D eigenvalue weighted by Crippen LogP contribution is -2.18. The molecule has 2 nitrogen and oxygen atoms in total. The lowest BCUT2D eigenvalue weighted by atomic mass is 9.94. The number of hydrogen-bond acceptors (Lipinski definition) is 2. The second-order valence-corrected chi connectivity index (χ2v) is 3.69. The first-order valence-corrected chi connectivity index (χ1v) is 5.10. The molecule has 0 radical (unpaired) electrons. The van der Waals surface area contributed by atoms with Gasteiger partial charge in [-0.25, -0.2) is 0 Å². The maximum Gasteiger partial charge on any atom is 0.0612 e. The Labute approximate surface area is 80.9 Å². The predicted octanol–water partition coefficient (Wildman–Crippen LogP) is 2.54. The number of hydrogen-bond donors (Lipinski definition) is 0. The molecule has 0 saturated heterocycles. The van der Waals surface area contributed by atoms with Crippen molar-refractivity contribution in [3.8, 4) is 0 Å². The average molecular weight is 184 g/mol. The van der Waals surface area contributed by atoms with E-state index in [9.17, 15) is 0 Å². The van der Waals surface area contributed by atoms with Crippen molar-refractivity contribution in [2.24, 2.45) is 0 Å². The summed E-state index contributed by atoms with van der Waals surface area (Å²) in [6.45, 7) is 5.63. The third kappa shape index (κ3) is 4.44. The van der Waals surface area contributed by atoms with Crippen LogP contribution in [-0.2, 0) is 9.47 Å². The molecule has 0 N–H and O–H groups in total. The zero-order valence-electron chi connectivity index (χ0n) is 8.55. The van der Waals surface area contributed by atoms with Crippen LogP contribution in [0.5, 0.6) is 0 Å². The molecular formula is C11H20O2. The largest absolute Gasteiger partial charge is 0.385 e. The zero-order chi connectivity index (χ0) is 9.52. The van der Waals surface area contributed by atoms with E-state index in [1.807, 2.05) is 0 Å². The van der Waals surface area contributed by atoms with E-state index in [0.717, 1.165) is 26.1 Å². The van der Waals surface area contributed by atoms with E-state index < -0.39 is 0 Å². The molecule has 1 aliphatic rings. The first kappa shape index (κ1) is 10.7. The SMILES string of the molecule is C=C1CCCC(OCCCOC)C1. The van der Waals surface area contributed by atoms with Gasteiger partial charge in [0.05, 0.1) is 6.10 Å². The average Bonchev–Trinajstić information content (AvgIpc) is 2.13. The highest BCUT2D eigenvalue weighted by Gasteiger charge is 2.15. The maximum atomic E-state index is 5.71. The molecule has 0 bridgehead atoms. The summed E-state index contributed by atoms with van der Waals surface area (Å²) in [6, 6.07) is 0. The molecule has 0 heterocycles. The quantitative estimate of drug-likeness (QED) is 0.483. The van der Waals surface area contributed by atoms with Gasteiger partial charge in [0.2, 0.25) is 0 Å². The van der Waals surface area contributed by atoms with E-state index in [1.165, 1.54) is 24.8 Å².